The van der Waals surface area contributed by atoms with Crippen LogP contribution in [-0.4, -0.2) is 15.0 Å². The molecule has 0 N–H and O–H groups in total. The second-order valence-corrected chi connectivity index (χ2v) is 12.4. The minimum absolute atomic E-state index is 0.609. The fourth-order valence-electron chi connectivity index (χ4n) is 7.15. The summed E-state index contributed by atoms with van der Waals surface area (Å²) in [6, 6.07) is 57.1. The van der Waals surface area contributed by atoms with E-state index in [1.807, 2.05) is 60.7 Å². The van der Waals surface area contributed by atoms with Gasteiger partial charge >= 0.3 is 0 Å². The molecule has 49 heavy (non-hydrogen) atoms. The molecular weight excluding hydrogens is 599 g/mol. The Morgan fingerprint density at radius 3 is 1.86 bits per heavy atom. The zero-order valence-corrected chi connectivity index (χ0v) is 26.3. The van der Waals surface area contributed by atoms with Crippen molar-refractivity contribution in [3.8, 4) is 45.3 Å². The predicted molar refractivity (Wildman–Crippen MR) is 201 cm³/mol. The van der Waals surface area contributed by atoms with E-state index in [0.29, 0.717) is 17.5 Å². The van der Waals surface area contributed by atoms with Crippen molar-refractivity contribution in [1.29, 1.82) is 0 Å². The molecule has 0 amide bonds. The van der Waals surface area contributed by atoms with Gasteiger partial charge in [-0.05, 0) is 67.7 Å². The summed E-state index contributed by atoms with van der Waals surface area (Å²) in [7, 11) is 0. The highest BCUT2D eigenvalue weighted by Crippen LogP contribution is 2.38. The maximum absolute atomic E-state index is 6.21. The van der Waals surface area contributed by atoms with Gasteiger partial charge in [0.15, 0.2) is 17.5 Å². The zero-order chi connectivity index (χ0) is 32.3. The predicted octanol–water partition coefficient (Wildman–Crippen LogP) is 11.9. The van der Waals surface area contributed by atoms with E-state index in [0.717, 1.165) is 44.0 Å². The topological polar surface area (TPSA) is 51.8 Å². The third-order valence-corrected chi connectivity index (χ3v) is 9.51. The van der Waals surface area contributed by atoms with Crippen molar-refractivity contribution < 1.29 is 4.42 Å². The molecule has 0 aliphatic heterocycles. The Morgan fingerprint density at radius 1 is 0.327 bits per heavy atom. The number of furan rings is 1. The van der Waals surface area contributed by atoms with Gasteiger partial charge in [-0.3, -0.25) is 0 Å². The molecule has 2 heterocycles. The lowest BCUT2D eigenvalue weighted by atomic mass is 9.93. The highest BCUT2D eigenvalue weighted by Gasteiger charge is 2.18. The fourth-order valence-corrected chi connectivity index (χ4v) is 7.15. The molecule has 8 aromatic carbocycles. The summed E-state index contributed by atoms with van der Waals surface area (Å²) in [6.45, 7) is 0. The van der Waals surface area contributed by atoms with Crippen LogP contribution in [0.4, 0.5) is 0 Å². The van der Waals surface area contributed by atoms with Crippen LogP contribution in [0, 0.1) is 0 Å². The van der Waals surface area contributed by atoms with Crippen LogP contribution >= 0.6 is 0 Å². The van der Waals surface area contributed by atoms with Gasteiger partial charge < -0.3 is 4.42 Å². The second kappa shape index (κ2) is 11.0. The summed E-state index contributed by atoms with van der Waals surface area (Å²) in [6.07, 6.45) is 0. The lowest BCUT2D eigenvalue weighted by molar-refractivity contribution is 0.669. The van der Waals surface area contributed by atoms with Crippen molar-refractivity contribution in [3.05, 3.63) is 164 Å². The van der Waals surface area contributed by atoms with E-state index in [-0.39, 0.29) is 0 Å². The highest BCUT2D eigenvalue weighted by atomic mass is 16.3. The van der Waals surface area contributed by atoms with E-state index in [4.69, 9.17) is 19.4 Å². The molecule has 0 saturated heterocycles. The molecule has 0 atom stereocenters. The molecule has 10 aromatic rings. The second-order valence-electron chi connectivity index (χ2n) is 12.4. The highest BCUT2D eigenvalue weighted by molar-refractivity contribution is 6.12. The number of benzene rings is 8. The number of aromatic nitrogens is 3. The number of nitrogens with zero attached hydrogens (tertiary/aromatic N) is 3. The molecule has 2 aromatic heterocycles. The standard InChI is InChI=1S/C45H27N3O/c1-2-11-30(12-3-1)43-46-44(48-45(47-43)38-17-9-19-41-42(38)37-15-6-7-18-40(37)49-41)33-24-25-36-31(26-33)13-8-16-35(36)32-23-22-29-21-20-28-10-4-5-14-34(28)39(29)27-32/h1-27H. The van der Waals surface area contributed by atoms with Crippen molar-refractivity contribution in [2.75, 3.05) is 0 Å². The first-order valence-corrected chi connectivity index (χ1v) is 16.4. The van der Waals surface area contributed by atoms with Gasteiger partial charge in [-0.1, -0.05) is 140 Å². The molecular formula is C45H27N3O. The molecule has 228 valence electrons. The summed E-state index contributed by atoms with van der Waals surface area (Å²) in [4.78, 5) is 15.2. The molecule has 0 fully saturated rings. The number of hydrogen-bond donors (Lipinski definition) is 0. The van der Waals surface area contributed by atoms with Gasteiger partial charge in [0.2, 0.25) is 0 Å². The van der Waals surface area contributed by atoms with Crippen molar-refractivity contribution in [2.24, 2.45) is 0 Å². The van der Waals surface area contributed by atoms with Crippen LogP contribution in [0.5, 0.6) is 0 Å². The van der Waals surface area contributed by atoms with Gasteiger partial charge in [-0.2, -0.15) is 0 Å². The maximum atomic E-state index is 6.21. The number of fused-ring (bicyclic) bond motifs is 7. The summed E-state index contributed by atoms with van der Waals surface area (Å²) >= 11 is 0. The van der Waals surface area contributed by atoms with Gasteiger partial charge in [0.05, 0.1) is 0 Å². The normalized spacial score (nSPS) is 11.7. The molecule has 4 nitrogen and oxygen atoms in total. The van der Waals surface area contributed by atoms with E-state index in [2.05, 4.69) is 103 Å². The Hall–Kier alpha value is -6.65. The molecule has 0 aliphatic carbocycles. The molecule has 0 saturated carbocycles. The van der Waals surface area contributed by atoms with Crippen LogP contribution < -0.4 is 0 Å². The molecule has 0 radical (unpaired) electrons. The van der Waals surface area contributed by atoms with Gasteiger partial charge in [0.25, 0.3) is 0 Å². The lowest BCUT2D eigenvalue weighted by Crippen LogP contribution is -2.00. The van der Waals surface area contributed by atoms with E-state index in [1.54, 1.807) is 0 Å². The van der Waals surface area contributed by atoms with Crippen molar-refractivity contribution in [1.82, 2.24) is 15.0 Å². The van der Waals surface area contributed by atoms with Crippen LogP contribution in [0.15, 0.2) is 168 Å². The van der Waals surface area contributed by atoms with E-state index >= 15 is 0 Å². The monoisotopic (exact) mass is 625 g/mol. The van der Waals surface area contributed by atoms with Gasteiger partial charge in [0, 0.05) is 27.5 Å². The Kier molecular flexibility index (Phi) is 6.15. The van der Waals surface area contributed by atoms with Crippen molar-refractivity contribution >= 4 is 54.3 Å². The Balaban J connectivity index is 1.14. The van der Waals surface area contributed by atoms with E-state index in [1.165, 1.54) is 38.1 Å². The Bertz CT molecular complexity index is 2890. The molecule has 4 heteroatoms. The van der Waals surface area contributed by atoms with Crippen molar-refractivity contribution in [3.63, 3.8) is 0 Å². The number of para-hydroxylation sites is 1. The number of rotatable bonds is 4. The van der Waals surface area contributed by atoms with Crippen LogP contribution in [0.25, 0.3) is 99.5 Å². The van der Waals surface area contributed by atoms with Crippen LogP contribution in [0.1, 0.15) is 0 Å². The quantitative estimate of drug-likeness (QED) is 0.183. The van der Waals surface area contributed by atoms with Crippen LogP contribution in [0.3, 0.4) is 0 Å². The molecule has 0 bridgehead atoms. The third kappa shape index (κ3) is 4.57. The molecule has 0 unspecified atom stereocenters. The fraction of sp³-hybridized carbons (Fsp3) is 0. The SMILES string of the molecule is c1ccc(-c2nc(-c3ccc4c(-c5ccc6ccc7ccccc7c6c5)cccc4c3)nc(-c3cccc4oc5ccccc5c34)n2)cc1. The Morgan fingerprint density at radius 2 is 0.959 bits per heavy atom. The van der Waals surface area contributed by atoms with Crippen LogP contribution in [-0.2, 0) is 0 Å². The third-order valence-electron chi connectivity index (χ3n) is 9.51. The summed E-state index contributed by atoms with van der Waals surface area (Å²) < 4.78 is 6.21. The van der Waals surface area contributed by atoms with E-state index in [9.17, 15) is 0 Å². The zero-order valence-electron chi connectivity index (χ0n) is 26.3. The average molecular weight is 626 g/mol. The maximum Gasteiger partial charge on any atom is 0.164 e. The minimum Gasteiger partial charge on any atom is -0.456 e. The first-order chi connectivity index (χ1) is 24.3. The summed E-state index contributed by atoms with van der Waals surface area (Å²) in [5.41, 5.74) is 6.81. The van der Waals surface area contributed by atoms with E-state index < -0.39 is 0 Å². The molecule has 0 aliphatic rings. The van der Waals surface area contributed by atoms with Gasteiger partial charge in [-0.15, -0.1) is 0 Å². The Labute approximate surface area is 282 Å². The minimum atomic E-state index is 0.609. The first-order valence-electron chi connectivity index (χ1n) is 16.4. The molecule has 10 rings (SSSR count). The van der Waals surface area contributed by atoms with Gasteiger partial charge in [0.1, 0.15) is 11.2 Å². The lowest BCUT2D eigenvalue weighted by Gasteiger charge is -2.12. The molecule has 0 spiro atoms. The smallest absolute Gasteiger partial charge is 0.164 e. The number of hydrogen-bond acceptors (Lipinski definition) is 4. The van der Waals surface area contributed by atoms with Gasteiger partial charge in [-0.25, -0.2) is 15.0 Å². The average Bonchev–Trinajstić information content (AvgIpc) is 3.56. The summed E-state index contributed by atoms with van der Waals surface area (Å²) in [5.74, 6) is 1.86. The largest absolute Gasteiger partial charge is 0.456 e. The first kappa shape index (κ1) is 27.5. The van der Waals surface area contributed by atoms with Crippen LogP contribution in [0.2, 0.25) is 0 Å². The van der Waals surface area contributed by atoms with Crippen molar-refractivity contribution in [2.45, 2.75) is 0 Å². The summed E-state index contributed by atoms with van der Waals surface area (Å²) in [5, 5.41) is 9.36.